The lowest BCUT2D eigenvalue weighted by Crippen LogP contribution is -2.57. The summed E-state index contributed by atoms with van der Waals surface area (Å²) in [6, 6.07) is 9.69. The molecule has 3 atom stereocenters. The van der Waals surface area contributed by atoms with Gasteiger partial charge in [-0.15, -0.1) is 0 Å². The molecule has 3 rings (SSSR count). The highest BCUT2D eigenvalue weighted by Gasteiger charge is 2.60. The summed E-state index contributed by atoms with van der Waals surface area (Å²) in [5.41, 5.74) is 0.303. The van der Waals surface area contributed by atoms with Gasteiger partial charge in [0.25, 0.3) is 0 Å². The van der Waals surface area contributed by atoms with E-state index < -0.39 is 17.5 Å². The van der Waals surface area contributed by atoms with Gasteiger partial charge in [0.1, 0.15) is 0 Å². The van der Waals surface area contributed by atoms with Gasteiger partial charge in [-0.1, -0.05) is 42.5 Å². The first-order valence-corrected chi connectivity index (χ1v) is 8.19. The molecular formula is C19H22O4. The van der Waals surface area contributed by atoms with Gasteiger partial charge in [-0.2, -0.15) is 0 Å². The largest absolute Gasteiger partial charge is 0.465 e. The number of hydrogen-bond acceptors (Lipinski definition) is 4. The molecule has 2 aliphatic rings. The van der Waals surface area contributed by atoms with E-state index in [9.17, 15) is 9.59 Å². The second kappa shape index (κ2) is 6.28. The van der Waals surface area contributed by atoms with Crippen LogP contribution in [0.4, 0.5) is 0 Å². The van der Waals surface area contributed by atoms with Crippen LogP contribution in [0.5, 0.6) is 0 Å². The molecule has 0 amide bonds. The van der Waals surface area contributed by atoms with Gasteiger partial charge in [-0.25, -0.2) is 0 Å². The number of hydrogen-bond donors (Lipinski definition) is 0. The van der Waals surface area contributed by atoms with E-state index in [0.29, 0.717) is 18.4 Å². The van der Waals surface area contributed by atoms with E-state index in [2.05, 4.69) is 6.58 Å². The quantitative estimate of drug-likeness (QED) is 0.487. The lowest BCUT2D eigenvalue weighted by atomic mass is 9.63. The zero-order valence-corrected chi connectivity index (χ0v) is 13.4. The molecule has 1 aliphatic heterocycles. The molecule has 1 saturated carbocycles. The Hall–Kier alpha value is -1.94. The number of esters is 1. The highest BCUT2D eigenvalue weighted by atomic mass is 16.5. The average molecular weight is 314 g/mol. The fourth-order valence-corrected chi connectivity index (χ4v) is 3.76. The maximum Gasteiger partial charge on any atom is 0.326 e. The molecule has 23 heavy (non-hydrogen) atoms. The summed E-state index contributed by atoms with van der Waals surface area (Å²) in [6.45, 7) is 6.01. The Morgan fingerprint density at radius 3 is 2.83 bits per heavy atom. The van der Waals surface area contributed by atoms with Crippen molar-refractivity contribution in [3.63, 3.8) is 0 Å². The molecule has 4 nitrogen and oxygen atoms in total. The maximum atomic E-state index is 13.0. The summed E-state index contributed by atoms with van der Waals surface area (Å²) in [5.74, 6) is -0.614. The van der Waals surface area contributed by atoms with Crippen molar-refractivity contribution in [2.24, 2.45) is 5.41 Å². The van der Waals surface area contributed by atoms with Gasteiger partial charge in [0.2, 0.25) is 0 Å². The summed E-state index contributed by atoms with van der Waals surface area (Å²) >= 11 is 0. The SMILES string of the molecule is C=C1CCC[C@H]2O[C@@H](c3ccccc3)CC(=O)[C@@]12C(=O)OCC. The van der Waals surface area contributed by atoms with Crippen LogP contribution < -0.4 is 0 Å². The van der Waals surface area contributed by atoms with E-state index >= 15 is 0 Å². The van der Waals surface area contributed by atoms with Crippen molar-refractivity contribution in [2.75, 3.05) is 6.61 Å². The van der Waals surface area contributed by atoms with Crippen LogP contribution in [0.3, 0.4) is 0 Å². The van der Waals surface area contributed by atoms with E-state index in [4.69, 9.17) is 9.47 Å². The molecule has 0 spiro atoms. The van der Waals surface area contributed by atoms with Gasteiger partial charge in [0.05, 0.1) is 18.8 Å². The first-order chi connectivity index (χ1) is 11.1. The van der Waals surface area contributed by atoms with Crippen molar-refractivity contribution < 1.29 is 19.1 Å². The number of rotatable bonds is 3. The van der Waals surface area contributed by atoms with Crippen molar-refractivity contribution >= 4 is 11.8 Å². The second-order valence-electron chi connectivity index (χ2n) is 6.18. The fraction of sp³-hybridized carbons (Fsp3) is 0.474. The van der Waals surface area contributed by atoms with Crippen molar-refractivity contribution in [1.82, 2.24) is 0 Å². The minimum Gasteiger partial charge on any atom is -0.465 e. The molecule has 2 fully saturated rings. The van der Waals surface area contributed by atoms with E-state index in [1.54, 1.807) is 6.92 Å². The lowest BCUT2D eigenvalue weighted by Gasteiger charge is -2.47. The van der Waals surface area contributed by atoms with Crippen LogP contribution in [0.1, 0.15) is 44.3 Å². The topological polar surface area (TPSA) is 52.6 Å². The van der Waals surface area contributed by atoms with Gasteiger partial charge >= 0.3 is 5.97 Å². The first kappa shape index (κ1) is 15.9. The predicted molar refractivity (Wildman–Crippen MR) is 85.7 cm³/mol. The Morgan fingerprint density at radius 1 is 1.39 bits per heavy atom. The third-order valence-corrected chi connectivity index (χ3v) is 4.89. The molecule has 122 valence electrons. The molecule has 1 aromatic rings. The third-order valence-electron chi connectivity index (χ3n) is 4.89. The highest BCUT2D eigenvalue weighted by molar-refractivity contribution is 6.08. The summed E-state index contributed by atoms with van der Waals surface area (Å²) in [5, 5.41) is 0. The zero-order chi connectivity index (χ0) is 16.4. The van der Waals surface area contributed by atoms with Crippen molar-refractivity contribution in [2.45, 2.75) is 44.8 Å². The van der Waals surface area contributed by atoms with Gasteiger partial charge in [0.15, 0.2) is 11.2 Å². The molecule has 1 saturated heterocycles. The van der Waals surface area contributed by atoms with Crippen molar-refractivity contribution in [3.05, 3.63) is 48.0 Å². The first-order valence-electron chi connectivity index (χ1n) is 8.19. The second-order valence-corrected chi connectivity index (χ2v) is 6.18. The summed E-state index contributed by atoms with van der Waals surface area (Å²) in [7, 11) is 0. The molecule has 1 aromatic carbocycles. The molecule has 0 aromatic heterocycles. The Labute approximate surface area is 136 Å². The Kier molecular flexibility index (Phi) is 4.35. The van der Waals surface area contributed by atoms with Crippen molar-refractivity contribution in [1.29, 1.82) is 0 Å². The number of carbonyl (C=O) groups excluding carboxylic acids is 2. The number of carbonyl (C=O) groups is 2. The number of ketones is 1. The molecular weight excluding hydrogens is 292 g/mol. The number of fused-ring (bicyclic) bond motifs is 1. The van der Waals surface area contributed by atoms with E-state index in [1.807, 2.05) is 30.3 Å². The Morgan fingerprint density at radius 2 is 2.13 bits per heavy atom. The third kappa shape index (κ3) is 2.51. The lowest BCUT2D eigenvalue weighted by molar-refractivity contribution is -0.185. The van der Waals surface area contributed by atoms with Gasteiger partial charge in [0, 0.05) is 6.42 Å². The van der Waals surface area contributed by atoms with Crippen LogP contribution in [-0.4, -0.2) is 24.5 Å². The Bertz CT molecular complexity index is 622. The van der Waals surface area contributed by atoms with Gasteiger partial charge < -0.3 is 9.47 Å². The summed E-state index contributed by atoms with van der Waals surface area (Å²) in [4.78, 5) is 25.7. The maximum absolute atomic E-state index is 13.0. The van der Waals surface area contributed by atoms with Gasteiger partial charge in [-0.05, 0) is 31.7 Å². The van der Waals surface area contributed by atoms with Crippen LogP contribution in [0.2, 0.25) is 0 Å². The molecule has 0 N–H and O–H groups in total. The molecule has 1 aliphatic carbocycles. The average Bonchev–Trinajstić information content (AvgIpc) is 2.55. The molecule has 0 unspecified atom stereocenters. The van der Waals surface area contributed by atoms with Crippen LogP contribution in [0.25, 0.3) is 0 Å². The molecule has 0 radical (unpaired) electrons. The van der Waals surface area contributed by atoms with Gasteiger partial charge in [-0.3, -0.25) is 9.59 Å². The molecule has 1 heterocycles. The molecule has 0 bridgehead atoms. The van der Waals surface area contributed by atoms with Crippen LogP contribution in [0, 0.1) is 5.41 Å². The van der Waals surface area contributed by atoms with Crippen LogP contribution in [0.15, 0.2) is 42.5 Å². The highest BCUT2D eigenvalue weighted by Crippen LogP contribution is 2.50. The summed E-state index contributed by atoms with van der Waals surface area (Å²) < 4.78 is 11.4. The molecule has 4 heteroatoms. The number of benzene rings is 1. The van der Waals surface area contributed by atoms with E-state index in [0.717, 1.165) is 12.0 Å². The Balaban J connectivity index is 1.96. The zero-order valence-electron chi connectivity index (χ0n) is 13.4. The minimum atomic E-state index is -1.31. The monoisotopic (exact) mass is 314 g/mol. The smallest absolute Gasteiger partial charge is 0.326 e. The predicted octanol–water partition coefficient (Wildman–Crippen LogP) is 3.38. The van der Waals surface area contributed by atoms with Crippen molar-refractivity contribution in [3.8, 4) is 0 Å². The normalized spacial score (nSPS) is 30.7. The fourth-order valence-electron chi connectivity index (χ4n) is 3.76. The van der Waals surface area contributed by atoms with E-state index in [1.165, 1.54) is 0 Å². The van der Waals surface area contributed by atoms with Crippen LogP contribution in [-0.2, 0) is 19.1 Å². The summed E-state index contributed by atoms with van der Waals surface area (Å²) in [6.07, 6.45) is 1.61. The van der Waals surface area contributed by atoms with E-state index in [-0.39, 0.29) is 24.9 Å². The minimum absolute atomic E-state index is 0.120. The standard InChI is InChI=1S/C19H22O4/c1-3-22-18(21)19-13(2)8-7-11-17(19)23-15(12-16(19)20)14-9-5-4-6-10-14/h4-6,9-10,15,17H,2-3,7-8,11-12H2,1H3/t15-,17-,19+/m1/s1. The van der Waals surface area contributed by atoms with Crippen LogP contribution >= 0.6 is 0 Å². The number of Topliss-reactive ketones (excluding diaryl/α,β-unsaturated/α-hetero) is 1. The number of ether oxygens (including phenoxy) is 2.